The molecular formula is C18H20N2O3S2. The summed E-state index contributed by atoms with van der Waals surface area (Å²) in [4.78, 5) is 30.1. The maximum atomic E-state index is 13.0. The Kier molecular flexibility index (Phi) is 5.86. The molecule has 3 rings (SSSR count). The zero-order valence-corrected chi connectivity index (χ0v) is 15.9. The van der Waals surface area contributed by atoms with Gasteiger partial charge in [0, 0.05) is 11.7 Å². The van der Waals surface area contributed by atoms with Gasteiger partial charge in [-0.1, -0.05) is 49.0 Å². The minimum atomic E-state index is -0.295. The van der Waals surface area contributed by atoms with Crippen LogP contribution in [0, 0.1) is 0 Å². The fourth-order valence-corrected chi connectivity index (χ4v) is 4.60. The molecule has 7 heteroatoms. The third-order valence-electron chi connectivity index (χ3n) is 3.77. The highest BCUT2D eigenvalue weighted by atomic mass is 32.2. The number of thioether (sulfide) groups is 2. The van der Waals surface area contributed by atoms with Crippen molar-refractivity contribution in [1.82, 2.24) is 9.55 Å². The standard InChI is InChI=1S/C18H20N2O3S2/c1-3-23-15(21)11-24-18-19-14-9-12(2)25-16(14)17(22)20(18)10-13-7-5-4-6-8-13/h4-8,12H,3,9-11H2,1-2H3/t12-/m0/s1. The lowest BCUT2D eigenvalue weighted by molar-refractivity contribution is -0.139. The average Bonchev–Trinajstić information content (AvgIpc) is 2.98. The van der Waals surface area contributed by atoms with E-state index in [9.17, 15) is 9.59 Å². The molecule has 1 aliphatic heterocycles. The number of carbonyl (C=O) groups is 1. The van der Waals surface area contributed by atoms with Crippen LogP contribution in [0.25, 0.3) is 0 Å². The molecule has 0 unspecified atom stereocenters. The molecule has 2 aromatic rings. The number of carbonyl (C=O) groups excluding carboxylic acids is 1. The first-order valence-electron chi connectivity index (χ1n) is 8.21. The summed E-state index contributed by atoms with van der Waals surface area (Å²) in [6, 6.07) is 9.80. The molecule has 1 aliphatic rings. The van der Waals surface area contributed by atoms with E-state index in [0.29, 0.717) is 23.6 Å². The third kappa shape index (κ3) is 4.27. The summed E-state index contributed by atoms with van der Waals surface area (Å²) in [5.41, 5.74) is 1.85. The van der Waals surface area contributed by atoms with Crippen molar-refractivity contribution >= 4 is 29.5 Å². The van der Waals surface area contributed by atoms with E-state index >= 15 is 0 Å². The molecule has 1 atom stereocenters. The Balaban J connectivity index is 1.94. The van der Waals surface area contributed by atoms with Crippen LogP contribution < -0.4 is 5.56 Å². The second-order valence-corrected chi connectivity index (χ2v) is 8.16. The molecule has 5 nitrogen and oxygen atoms in total. The summed E-state index contributed by atoms with van der Waals surface area (Å²) in [5.74, 6) is -0.146. The molecule has 0 aliphatic carbocycles. The van der Waals surface area contributed by atoms with Gasteiger partial charge in [0.15, 0.2) is 5.16 Å². The van der Waals surface area contributed by atoms with Crippen LogP contribution >= 0.6 is 23.5 Å². The number of ether oxygens (including phenoxy) is 1. The molecule has 1 aromatic carbocycles. The van der Waals surface area contributed by atoms with Crippen LogP contribution in [0.3, 0.4) is 0 Å². The lowest BCUT2D eigenvalue weighted by Gasteiger charge is -2.13. The van der Waals surface area contributed by atoms with E-state index in [1.165, 1.54) is 11.8 Å². The third-order valence-corrected chi connectivity index (χ3v) is 5.94. The minimum absolute atomic E-state index is 0.0189. The molecule has 132 valence electrons. The number of rotatable bonds is 6. The molecule has 0 saturated carbocycles. The lowest BCUT2D eigenvalue weighted by atomic mass is 10.2. The van der Waals surface area contributed by atoms with Crippen molar-refractivity contribution in [2.45, 2.75) is 42.1 Å². The number of fused-ring (bicyclic) bond motifs is 1. The Labute approximate surface area is 155 Å². The van der Waals surface area contributed by atoms with Gasteiger partial charge in [0.1, 0.15) is 0 Å². The van der Waals surface area contributed by atoms with Gasteiger partial charge in [-0.15, -0.1) is 11.8 Å². The van der Waals surface area contributed by atoms with Crippen molar-refractivity contribution < 1.29 is 9.53 Å². The van der Waals surface area contributed by atoms with Crippen LogP contribution in [-0.4, -0.2) is 33.1 Å². The largest absolute Gasteiger partial charge is 0.465 e. The summed E-state index contributed by atoms with van der Waals surface area (Å²) in [5, 5.41) is 0.932. The highest BCUT2D eigenvalue weighted by Crippen LogP contribution is 2.34. The molecule has 0 spiro atoms. The second kappa shape index (κ2) is 8.10. The van der Waals surface area contributed by atoms with Gasteiger partial charge in [-0.25, -0.2) is 4.98 Å². The predicted octanol–water partition coefficient (Wildman–Crippen LogP) is 2.98. The number of aromatic nitrogens is 2. The van der Waals surface area contributed by atoms with Gasteiger partial charge in [-0.2, -0.15) is 0 Å². The van der Waals surface area contributed by atoms with E-state index in [1.54, 1.807) is 23.3 Å². The highest BCUT2D eigenvalue weighted by Gasteiger charge is 2.26. The Bertz CT molecular complexity index is 821. The Hall–Kier alpha value is -1.73. The molecule has 0 saturated heterocycles. The van der Waals surface area contributed by atoms with E-state index in [0.717, 1.165) is 22.6 Å². The average molecular weight is 377 g/mol. The zero-order chi connectivity index (χ0) is 17.8. The van der Waals surface area contributed by atoms with Gasteiger partial charge < -0.3 is 4.74 Å². The predicted molar refractivity (Wildman–Crippen MR) is 100 cm³/mol. The minimum Gasteiger partial charge on any atom is -0.465 e. The summed E-state index contributed by atoms with van der Waals surface area (Å²) >= 11 is 2.85. The van der Waals surface area contributed by atoms with Crippen molar-refractivity contribution in [1.29, 1.82) is 0 Å². The van der Waals surface area contributed by atoms with E-state index in [1.807, 2.05) is 30.3 Å². The molecule has 0 amide bonds. The number of benzene rings is 1. The quantitative estimate of drug-likeness (QED) is 0.439. The van der Waals surface area contributed by atoms with E-state index in [2.05, 4.69) is 6.92 Å². The molecule has 25 heavy (non-hydrogen) atoms. The number of esters is 1. The van der Waals surface area contributed by atoms with Crippen LogP contribution in [0.15, 0.2) is 45.2 Å². The Morgan fingerprint density at radius 3 is 2.88 bits per heavy atom. The summed E-state index contributed by atoms with van der Waals surface area (Å²) in [6.07, 6.45) is 0.786. The summed E-state index contributed by atoms with van der Waals surface area (Å²) < 4.78 is 6.65. The molecule has 0 N–H and O–H groups in total. The first-order chi connectivity index (χ1) is 12.1. The van der Waals surface area contributed by atoms with Gasteiger partial charge in [-0.05, 0) is 12.5 Å². The van der Waals surface area contributed by atoms with Gasteiger partial charge in [0.05, 0.1) is 29.5 Å². The smallest absolute Gasteiger partial charge is 0.316 e. The number of hydrogen-bond acceptors (Lipinski definition) is 6. The van der Waals surface area contributed by atoms with Crippen molar-refractivity contribution in [2.24, 2.45) is 0 Å². The number of nitrogens with zero attached hydrogens (tertiary/aromatic N) is 2. The Morgan fingerprint density at radius 1 is 1.40 bits per heavy atom. The molecule has 0 bridgehead atoms. The monoisotopic (exact) mass is 376 g/mol. The maximum absolute atomic E-state index is 13.0. The van der Waals surface area contributed by atoms with Gasteiger partial charge in [0.2, 0.25) is 0 Å². The first kappa shape index (κ1) is 18.1. The van der Waals surface area contributed by atoms with Gasteiger partial charge in [-0.3, -0.25) is 14.2 Å². The molecule has 0 fully saturated rings. The van der Waals surface area contributed by atoms with Crippen molar-refractivity contribution in [3.63, 3.8) is 0 Å². The second-order valence-electron chi connectivity index (χ2n) is 5.77. The fraction of sp³-hybridized carbons (Fsp3) is 0.389. The van der Waals surface area contributed by atoms with Crippen LogP contribution in [-0.2, 0) is 22.5 Å². The number of hydrogen-bond donors (Lipinski definition) is 0. The lowest BCUT2D eigenvalue weighted by Crippen LogP contribution is -2.26. The summed E-state index contributed by atoms with van der Waals surface area (Å²) in [6.45, 7) is 4.67. The topological polar surface area (TPSA) is 61.2 Å². The van der Waals surface area contributed by atoms with Crippen molar-refractivity contribution in [3.05, 3.63) is 51.9 Å². The van der Waals surface area contributed by atoms with Crippen LogP contribution in [0.2, 0.25) is 0 Å². The SMILES string of the molecule is CCOC(=O)CSc1nc2c(c(=O)n1Cc1ccccc1)S[C@@H](C)C2. The van der Waals surface area contributed by atoms with E-state index < -0.39 is 0 Å². The van der Waals surface area contributed by atoms with Gasteiger partial charge in [0.25, 0.3) is 5.56 Å². The normalized spacial score (nSPS) is 15.8. The molecule has 0 radical (unpaired) electrons. The van der Waals surface area contributed by atoms with Crippen molar-refractivity contribution in [2.75, 3.05) is 12.4 Å². The highest BCUT2D eigenvalue weighted by molar-refractivity contribution is 8.00. The van der Waals surface area contributed by atoms with Gasteiger partial charge >= 0.3 is 5.97 Å². The van der Waals surface area contributed by atoms with Crippen LogP contribution in [0.1, 0.15) is 25.1 Å². The maximum Gasteiger partial charge on any atom is 0.316 e. The van der Waals surface area contributed by atoms with E-state index in [4.69, 9.17) is 9.72 Å². The first-order valence-corrected chi connectivity index (χ1v) is 10.1. The van der Waals surface area contributed by atoms with Crippen LogP contribution in [0.4, 0.5) is 0 Å². The fourth-order valence-electron chi connectivity index (χ4n) is 2.67. The summed E-state index contributed by atoms with van der Waals surface area (Å²) in [7, 11) is 0. The van der Waals surface area contributed by atoms with E-state index in [-0.39, 0.29) is 17.3 Å². The molecule has 2 heterocycles. The Morgan fingerprint density at radius 2 is 2.16 bits per heavy atom. The van der Waals surface area contributed by atoms with Crippen molar-refractivity contribution in [3.8, 4) is 0 Å². The molecular weight excluding hydrogens is 356 g/mol. The zero-order valence-electron chi connectivity index (χ0n) is 14.2. The van der Waals surface area contributed by atoms with Crippen LogP contribution in [0.5, 0.6) is 0 Å². The molecule has 1 aromatic heterocycles.